The second kappa shape index (κ2) is 8.34. The molecule has 166 valence electrons. The third-order valence-electron chi connectivity index (χ3n) is 6.63. The molecule has 3 aliphatic rings. The number of rotatable bonds is 5. The van der Waals surface area contributed by atoms with Crippen molar-refractivity contribution in [3.05, 3.63) is 57.2 Å². The topological polar surface area (TPSA) is 74.8 Å². The van der Waals surface area contributed by atoms with Gasteiger partial charge in [0.15, 0.2) is 5.78 Å². The number of carbonyl (C=O) groups excluding carboxylic acids is 4. The van der Waals surface area contributed by atoms with Gasteiger partial charge in [0.25, 0.3) is 17.7 Å². The summed E-state index contributed by atoms with van der Waals surface area (Å²) in [5, 5.41) is 3.84. The Hall–Kier alpha value is -1.55. The minimum atomic E-state index is -0.652. The number of thiophene rings is 1. The number of alkyl halides is 2. The van der Waals surface area contributed by atoms with Crippen LogP contribution >= 0.6 is 54.8 Å². The summed E-state index contributed by atoms with van der Waals surface area (Å²) in [7, 11) is 0. The molecule has 2 heterocycles. The van der Waals surface area contributed by atoms with Crippen LogP contribution in [0.15, 0.2) is 41.8 Å². The Morgan fingerprint density at radius 2 is 1.66 bits per heavy atom. The molecule has 1 saturated heterocycles. The second-order valence-electron chi connectivity index (χ2n) is 8.24. The van der Waals surface area contributed by atoms with Crippen molar-refractivity contribution < 1.29 is 19.2 Å². The van der Waals surface area contributed by atoms with E-state index < -0.39 is 36.1 Å². The molecule has 2 bridgehead atoms. The van der Waals surface area contributed by atoms with Crippen LogP contribution in [0.4, 0.5) is 0 Å². The summed E-state index contributed by atoms with van der Waals surface area (Å²) in [6.07, 6.45) is 0.777. The Labute approximate surface area is 210 Å². The predicted octanol–water partition coefficient (Wildman–Crippen LogP) is 4.42. The molecule has 5 rings (SSSR count). The zero-order chi connectivity index (χ0) is 22.7. The first-order valence-corrected chi connectivity index (χ1v) is 13.2. The molecule has 0 unspecified atom stereocenters. The summed E-state index contributed by atoms with van der Waals surface area (Å²) >= 11 is 14.8. The molecule has 0 N–H and O–H groups in total. The number of nitrogens with zero attached hydrogens (tertiary/aromatic N) is 2. The maximum absolute atomic E-state index is 13.5. The number of benzene rings is 1. The average Bonchev–Trinajstić information content (AvgIpc) is 3.53. The molecule has 10 heteroatoms. The number of ketones is 1. The number of Topliss-reactive ketones (excluding diaryl/α,β-unsaturated/α-hetero) is 1. The predicted molar refractivity (Wildman–Crippen MR) is 127 cm³/mol. The van der Waals surface area contributed by atoms with Gasteiger partial charge < -0.3 is 0 Å². The van der Waals surface area contributed by atoms with Crippen molar-refractivity contribution in [3.63, 3.8) is 0 Å². The maximum atomic E-state index is 13.5. The summed E-state index contributed by atoms with van der Waals surface area (Å²) in [5.74, 6) is -2.83. The number of imide groups is 1. The first-order valence-electron chi connectivity index (χ1n) is 10.1. The fraction of sp³-hybridized carbons (Fsp3) is 0.364. The molecule has 1 aromatic carbocycles. The summed E-state index contributed by atoms with van der Waals surface area (Å²) in [6, 6.07) is 9.79. The van der Waals surface area contributed by atoms with Gasteiger partial charge in [-0.2, -0.15) is 5.01 Å². The van der Waals surface area contributed by atoms with Gasteiger partial charge in [0, 0.05) is 9.65 Å². The van der Waals surface area contributed by atoms with E-state index in [1.807, 2.05) is 0 Å². The molecule has 32 heavy (non-hydrogen) atoms. The van der Waals surface area contributed by atoms with E-state index in [1.165, 1.54) is 17.4 Å². The number of hydrazine groups is 1. The highest BCUT2D eigenvalue weighted by Crippen LogP contribution is 2.60. The Morgan fingerprint density at radius 1 is 1.03 bits per heavy atom. The number of halogens is 3. The van der Waals surface area contributed by atoms with E-state index in [0.717, 1.165) is 16.4 Å². The van der Waals surface area contributed by atoms with Gasteiger partial charge in [-0.25, -0.2) is 5.01 Å². The van der Waals surface area contributed by atoms with Crippen LogP contribution in [-0.4, -0.2) is 49.7 Å². The largest absolute Gasteiger partial charge is 0.291 e. The van der Waals surface area contributed by atoms with Gasteiger partial charge in [0.05, 0.1) is 27.3 Å². The number of hydrogen-bond donors (Lipinski definition) is 0. The van der Waals surface area contributed by atoms with Gasteiger partial charge in [0.2, 0.25) is 0 Å². The molecule has 2 aromatic rings. The van der Waals surface area contributed by atoms with Crippen molar-refractivity contribution >= 4 is 78.3 Å². The van der Waals surface area contributed by atoms with Crippen LogP contribution in [0.25, 0.3) is 0 Å². The lowest BCUT2D eigenvalue weighted by Gasteiger charge is -2.31. The first kappa shape index (κ1) is 22.3. The van der Waals surface area contributed by atoms with Gasteiger partial charge in [0.1, 0.15) is 6.54 Å². The van der Waals surface area contributed by atoms with Crippen LogP contribution in [-0.2, 0) is 9.59 Å². The van der Waals surface area contributed by atoms with Crippen molar-refractivity contribution in [2.45, 2.75) is 16.1 Å². The number of fused-ring (bicyclic) bond motifs is 5. The van der Waals surface area contributed by atoms with E-state index in [9.17, 15) is 19.2 Å². The van der Waals surface area contributed by atoms with E-state index in [4.69, 9.17) is 11.6 Å². The van der Waals surface area contributed by atoms with Crippen LogP contribution in [0.2, 0.25) is 5.02 Å². The maximum Gasteiger partial charge on any atom is 0.274 e. The fourth-order valence-electron chi connectivity index (χ4n) is 5.23. The number of amides is 3. The van der Waals surface area contributed by atoms with E-state index >= 15 is 0 Å². The Balaban J connectivity index is 1.53. The van der Waals surface area contributed by atoms with E-state index in [-0.39, 0.29) is 37.9 Å². The molecule has 0 spiro atoms. The van der Waals surface area contributed by atoms with Gasteiger partial charge in [-0.15, -0.1) is 11.3 Å². The van der Waals surface area contributed by atoms with Gasteiger partial charge in [-0.05, 0) is 41.8 Å². The molecule has 1 aromatic heterocycles. The highest BCUT2D eigenvalue weighted by Gasteiger charge is 2.67. The summed E-state index contributed by atoms with van der Waals surface area (Å²) in [4.78, 5) is 54.0. The van der Waals surface area contributed by atoms with Crippen LogP contribution in [0.1, 0.15) is 26.5 Å². The molecular weight excluding hydrogens is 584 g/mol. The van der Waals surface area contributed by atoms with Crippen molar-refractivity contribution in [2.75, 3.05) is 6.54 Å². The third kappa shape index (κ3) is 3.31. The monoisotopic (exact) mass is 598 g/mol. The lowest BCUT2D eigenvalue weighted by atomic mass is 9.81. The standard InChI is InChI=1S/C22H17Br2ClN2O4S/c23-18-11-8-12(19(18)24)17-16(11)21(30)27(22(17)31)26(9-14(28)15-6-3-7-32-15)20(29)10-4-1-2-5-13(10)25/h1-7,11-12,16-19H,8-9H2/t11-,12-,16-,17+,18-,19+/m1/s1. The first-order chi connectivity index (χ1) is 15.3. The number of hydrogen-bond acceptors (Lipinski definition) is 5. The normalized spacial score (nSPS) is 30.7. The van der Waals surface area contributed by atoms with Crippen LogP contribution in [0, 0.1) is 23.7 Å². The zero-order valence-corrected chi connectivity index (χ0v) is 21.2. The molecule has 3 amide bonds. The van der Waals surface area contributed by atoms with E-state index in [1.54, 1.807) is 35.7 Å². The fourth-order valence-corrected chi connectivity index (χ4v) is 7.98. The Kier molecular flexibility index (Phi) is 5.80. The number of carbonyl (C=O) groups is 4. The summed E-state index contributed by atoms with van der Waals surface area (Å²) in [5.41, 5.74) is 0.130. The SMILES string of the molecule is O=C(CN(C(=O)c1ccccc1Cl)N1C(=O)[C@@H]2[C@H]3C[C@@H]([C@H](Br)[C@@H]3Br)[C@@H]2C1=O)c1cccs1. The van der Waals surface area contributed by atoms with Gasteiger partial charge >= 0.3 is 0 Å². The quantitative estimate of drug-likeness (QED) is 0.290. The lowest BCUT2D eigenvalue weighted by Crippen LogP contribution is -2.52. The third-order valence-corrected chi connectivity index (χ3v) is 11.1. The Bertz CT molecular complexity index is 1090. The molecule has 6 nitrogen and oxygen atoms in total. The van der Waals surface area contributed by atoms with Crippen molar-refractivity contribution in [1.29, 1.82) is 0 Å². The molecule has 1 aliphatic heterocycles. The molecular formula is C22H17Br2ClN2O4S. The smallest absolute Gasteiger partial charge is 0.274 e. The molecule has 0 radical (unpaired) electrons. The van der Waals surface area contributed by atoms with Crippen molar-refractivity contribution in [2.24, 2.45) is 23.7 Å². The van der Waals surface area contributed by atoms with Crippen LogP contribution in [0.5, 0.6) is 0 Å². The highest BCUT2D eigenvalue weighted by atomic mass is 79.9. The second-order valence-corrected chi connectivity index (χ2v) is 11.7. The van der Waals surface area contributed by atoms with Gasteiger partial charge in [-0.1, -0.05) is 61.7 Å². The van der Waals surface area contributed by atoms with Crippen LogP contribution < -0.4 is 0 Å². The molecule has 3 fully saturated rings. The van der Waals surface area contributed by atoms with Crippen molar-refractivity contribution in [3.8, 4) is 0 Å². The summed E-state index contributed by atoms with van der Waals surface area (Å²) < 4.78 is 0. The van der Waals surface area contributed by atoms with Gasteiger partial charge in [-0.3, -0.25) is 19.2 Å². The van der Waals surface area contributed by atoms with E-state index in [2.05, 4.69) is 31.9 Å². The van der Waals surface area contributed by atoms with Crippen molar-refractivity contribution in [1.82, 2.24) is 10.0 Å². The minimum Gasteiger partial charge on any atom is -0.291 e. The average molecular weight is 601 g/mol. The summed E-state index contributed by atoms with van der Waals surface area (Å²) in [6.45, 7) is -0.424. The zero-order valence-electron chi connectivity index (χ0n) is 16.5. The minimum absolute atomic E-state index is 0.00101. The lowest BCUT2D eigenvalue weighted by molar-refractivity contribution is -0.154. The molecule has 2 saturated carbocycles. The molecule has 6 atom stereocenters. The Morgan fingerprint density at radius 3 is 2.22 bits per heavy atom. The van der Waals surface area contributed by atoms with Crippen LogP contribution in [0.3, 0.4) is 0 Å². The highest BCUT2D eigenvalue weighted by molar-refractivity contribution is 9.12. The van der Waals surface area contributed by atoms with E-state index in [0.29, 0.717) is 4.88 Å². The molecule has 2 aliphatic carbocycles.